The molecule has 6 nitrogen and oxygen atoms in total. The molecule has 1 aliphatic heterocycles. The van der Waals surface area contributed by atoms with Crippen molar-refractivity contribution in [2.24, 2.45) is 7.05 Å². The van der Waals surface area contributed by atoms with E-state index in [2.05, 4.69) is 17.4 Å². The van der Waals surface area contributed by atoms with Crippen LogP contribution < -0.4 is 15.8 Å². The van der Waals surface area contributed by atoms with Crippen molar-refractivity contribution in [2.45, 2.75) is 57.0 Å². The zero-order valence-electron chi connectivity index (χ0n) is 18.6. The molecule has 1 saturated heterocycles. The van der Waals surface area contributed by atoms with E-state index >= 15 is 0 Å². The lowest BCUT2D eigenvalue weighted by molar-refractivity contribution is -0.122. The van der Waals surface area contributed by atoms with Crippen molar-refractivity contribution in [1.82, 2.24) is 14.9 Å². The number of anilines is 1. The van der Waals surface area contributed by atoms with Crippen LogP contribution in [0, 0.1) is 0 Å². The fourth-order valence-corrected chi connectivity index (χ4v) is 4.85. The van der Waals surface area contributed by atoms with Crippen molar-refractivity contribution in [1.29, 1.82) is 0 Å². The molecule has 5 rings (SSSR count). The topological polar surface area (TPSA) is 67.2 Å². The Labute approximate surface area is 188 Å². The first kappa shape index (κ1) is 20.9. The predicted octanol–water partition coefficient (Wildman–Crippen LogP) is 3.88. The van der Waals surface area contributed by atoms with Crippen molar-refractivity contribution < 1.29 is 4.79 Å². The standard InChI is InChI=1S/C26H30N4O2/c1-29-14-12-19-15-22(9-10-23(19)25(29)31)30(26(32)24-11-13-27-24)17-21-8-7-20(16-28-21)18-5-3-2-4-6-18/h7-10,12,14-16,18,24,27H,2-6,11,13,17H2,1H3/t24-/m1/s1. The summed E-state index contributed by atoms with van der Waals surface area (Å²) in [7, 11) is 1.75. The van der Waals surface area contributed by atoms with Gasteiger partial charge in [-0.1, -0.05) is 25.3 Å². The van der Waals surface area contributed by atoms with Crippen LogP contribution in [0.1, 0.15) is 55.7 Å². The summed E-state index contributed by atoms with van der Waals surface area (Å²) < 4.78 is 1.57. The molecule has 2 aromatic heterocycles. The number of fused-ring (bicyclic) bond motifs is 1. The molecule has 1 aromatic carbocycles. The fourth-order valence-electron chi connectivity index (χ4n) is 4.85. The number of pyridine rings is 2. The van der Waals surface area contributed by atoms with Crippen molar-refractivity contribution in [3.63, 3.8) is 0 Å². The van der Waals surface area contributed by atoms with E-state index < -0.39 is 0 Å². The highest BCUT2D eigenvalue weighted by molar-refractivity contribution is 5.99. The molecule has 2 fully saturated rings. The molecule has 1 saturated carbocycles. The van der Waals surface area contributed by atoms with Crippen LogP contribution in [-0.4, -0.2) is 28.0 Å². The van der Waals surface area contributed by atoms with E-state index in [0.717, 1.165) is 29.7 Å². The quantitative estimate of drug-likeness (QED) is 0.667. The van der Waals surface area contributed by atoms with Gasteiger partial charge in [-0.05, 0) is 73.0 Å². The van der Waals surface area contributed by atoms with Crippen molar-refractivity contribution in [3.8, 4) is 0 Å². The number of rotatable bonds is 5. The molecule has 3 heterocycles. The molecule has 1 atom stereocenters. The zero-order chi connectivity index (χ0) is 22.1. The van der Waals surface area contributed by atoms with Crippen LogP contribution in [-0.2, 0) is 18.4 Å². The first-order valence-corrected chi connectivity index (χ1v) is 11.7. The predicted molar refractivity (Wildman–Crippen MR) is 127 cm³/mol. The van der Waals surface area contributed by atoms with Gasteiger partial charge in [-0.3, -0.25) is 14.6 Å². The summed E-state index contributed by atoms with van der Waals surface area (Å²) in [6.45, 7) is 1.28. The van der Waals surface area contributed by atoms with E-state index in [1.54, 1.807) is 22.7 Å². The molecule has 3 aromatic rings. The molecule has 0 radical (unpaired) electrons. The van der Waals surface area contributed by atoms with E-state index in [4.69, 9.17) is 4.98 Å². The van der Waals surface area contributed by atoms with Crippen LogP contribution in [0.25, 0.3) is 10.8 Å². The number of carbonyl (C=O) groups is 1. The third kappa shape index (κ3) is 4.07. The van der Waals surface area contributed by atoms with E-state index in [9.17, 15) is 9.59 Å². The number of nitrogens with one attached hydrogen (secondary N) is 1. The second-order valence-electron chi connectivity index (χ2n) is 9.14. The molecule has 6 heteroatoms. The Morgan fingerprint density at radius 3 is 2.62 bits per heavy atom. The average molecular weight is 431 g/mol. The Balaban J connectivity index is 1.43. The molecule has 1 aliphatic carbocycles. The van der Waals surface area contributed by atoms with Crippen LogP contribution in [0.5, 0.6) is 0 Å². The van der Waals surface area contributed by atoms with E-state index in [0.29, 0.717) is 17.8 Å². The van der Waals surface area contributed by atoms with Gasteiger partial charge in [0.15, 0.2) is 0 Å². The van der Waals surface area contributed by atoms with Gasteiger partial charge < -0.3 is 14.8 Å². The van der Waals surface area contributed by atoms with Gasteiger partial charge in [-0.15, -0.1) is 0 Å². The molecular weight excluding hydrogens is 400 g/mol. The van der Waals surface area contributed by atoms with Gasteiger partial charge in [0.2, 0.25) is 5.91 Å². The minimum absolute atomic E-state index is 0.0347. The maximum atomic E-state index is 13.3. The van der Waals surface area contributed by atoms with Crippen LogP contribution in [0.2, 0.25) is 0 Å². The largest absolute Gasteiger partial charge is 0.318 e. The normalized spacial score (nSPS) is 19.0. The Kier molecular flexibility index (Phi) is 5.79. The highest BCUT2D eigenvalue weighted by Gasteiger charge is 2.30. The molecule has 0 bridgehead atoms. The number of aryl methyl sites for hydroxylation is 1. The summed E-state index contributed by atoms with van der Waals surface area (Å²) in [5, 5.41) is 4.72. The molecule has 1 N–H and O–H groups in total. The van der Waals surface area contributed by atoms with Gasteiger partial charge in [-0.2, -0.15) is 0 Å². The highest BCUT2D eigenvalue weighted by atomic mass is 16.2. The molecule has 0 spiro atoms. The van der Waals surface area contributed by atoms with E-state index in [1.165, 1.54) is 37.7 Å². The Hall–Kier alpha value is -2.99. The Morgan fingerprint density at radius 1 is 1.12 bits per heavy atom. The van der Waals surface area contributed by atoms with Crippen LogP contribution >= 0.6 is 0 Å². The van der Waals surface area contributed by atoms with E-state index in [1.807, 2.05) is 30.5 Å². The lowest BCUT2D eigenvalue weighted by Crippen LogP contribution is -2.54. The smallest absolute Gasteiger partial charge is 0.258 e. The van der Waals surface area contributed by atoms with Crippen molar-refractivity contribution >= 4 is 22.4 Å². The van der Waals surface area contributed by atoms with Gasteiger partial charge in [0.25, 0.3) is 5.56 Å². The number of carbonyl (C=O) groups excluding carboxylic acids is 1. The van der Waals surface area contributed by atoms with Crippen molar-refractivity contribution in [2.75, 3.05) is 11.4 Å². The highest BCUT2D eigenvalue weighted by Crippen LogP contribution is 2.32. The van der Waals surface area contributed by atoms with Crippen LogP contribution in [0.4, 0.5) is 5.69 Å². The maximum Gasteiger partial charge on any atom is 0.258 e. The monoisotopic (exact) mass is 430 g/mol. The van der Waals surface area contributed by atoms with Crippen molar-refractivity contribution in [3.05, 3.63) is 70.4 Å². The minimum atomic E-state index is -0.157. The zero-order valence-corrected chi connectivity index (χ0v) is 18.6. The number of hydrogen-bond acceptors (Lipinski definition) is 4. The molecule has 32 heavy (non-hydrogen) atoms. The number of benzene rings is 1. The second-order valence-corrected chi connectivity index (χ2v) is 9.14. The summed E-state index contributed by atoms with van der Waals surface area (Å²) in [6, 6.07) is 11.6. The molecule has 1 amide bonds. The Morgan fingerprint density at radius 2 is 1.94 bits per heavy atom. The van der Waals surface area contributed by atoms with Gasteiger partial charge in [0.05, 0.1) is 18.3 Å². The van der Waals surface area contributed by atoms with Gasteiger partial charge in [0.1, 0.15) is 0 Å². The van der Waals surface area contributed by atoms with E-state index in [-0.39, 0.29) is 17.5 Å². The lowest BCUT2D eigenvalue weighted by atomic mass is 9.85. The van der Waals surface area contributed by atoms with Gasteiger partial charge in [-0.25, -0.2) is 0 Å². The van der Waals surface area contributed by atoms with Gasteiger partial charge >= 0.3 is 0 Å². The van der Waals surface area contributed by atoms with Gasteiger partial charge in [0, 0.05) is 30.5 Å². The number of nitrogens with zero attached hydrogens (tertiary/aromatic N) is 3. The summed E-state index contributed by atoms with van der Waals surface area (Å²) >= 11 is 0. The first-order valence-electron chi connectivity index (χ1n) is 11.7. The number of aromatic nitrogens is 2. The van der Waals surface area contributed by atoms with Crippen LogP contribution in [0.3, 0.4) is 0 Å². The molecule has 166 valence electrons. The fraction of sp³-hybridized carbons (Fsp3) is 0.423. The maximum absolute atomic E-state index is 13.3. The summed E-state index contributed by atoms with van der Waals surface area (Å²) in [5.41, 5.74) is 2.95. The second kappa shape index (κ2) is 8.87. The number of hydrogen-bond donors (Lipinski definition) is 1. The SMILES string of the molecule is Cn1ccc2cc(N(Cc3ccc(C4CCCCC4)cn3)C(=O)[C@H]3CCN3)ccc2c1=O. The first-order chi connectivity index (χ1) is 15.6. The molecule has 2 aliphatic rings. The average Bonchev–Trinajstić information content (AvgIpc) is 2.79. The summed E-state index contributed by atoms with van der Waals surface area (Å²) in [5.74, 6) is 0.669. The Bertz CT molecular complexity index is 1170. The third-order valence-electron chi connectivity index (χ3n) is 7.01. The molecular formula is C26H30N4O2. The third-order valence-corrected chi connectivity index (χ3v) is 7.01. The van der Waals surface area contributed by atoms with Crippen LogP contribution in [0.15, 0.2) is 53.6 Å². The lowest BCUT2D eigenvalue weighted by Gasteiger charge is -2.33. The number of amides is 1. The molecule has 0 unspecified atom stereocenters. The summed E-state index contributed by atoms with van der Waals surface area (Å²) in [4.78, 5) is 32.2. The summed E-state index contributed by atoms with van der Waals surface area (Å²) in [6.07, 6.45) is 11.0. The minimum Gasteiger partial charge on any atom is -0.318 e.